The maximum Gasteiger partial charge on any atom is 0.410 e. The molecule has 0 aromatic carbocycles. The summed E-state index contributed by atoms with van der Waals surface area (Å²) in [6, 6.07) is 0. The lowest BCUT2D eigenvalue weighted by Crippen LogP contribution is -2.31. The molecule has 0 aliphatic heterocycles. The third kappa shape index (κ3) is 4.43. The van der Waals surface area contributed by atoms with Crippen molar-refractivity contribution < 1.29 is 19.4 Å². The summed E-state index contributed by atoms with van der Waals surface area (Å²) in [6.07, 6.45) is 0.653. The van der Waals surface area contributed by atoms with Crippen molar-refractivity contribution in [2.45, 2.75) is 13.0 Å². The molecule has 2 amide bonds. The molecule has 17 heavy (non-hydrogen) atoms. The van der Waals surface area contributed by atoms with Crippen molar-refractivity contribution in [2.24, 2.45) is 5.73 Å². The van der Waals surface area contributed by atoms with Gasteiger partial charge in [0.05, 0.1) is 18.5 Å². The second kappa shape index (κ2) is 5.75. The lowest BCUT2D eigenvalue weighted by molar-refractivity contribution is 0.0913. The van der Waals surface area contributed by atoms with E-state index < -0.39 is 18.1 Å². The molecule has 0 aliphatic rings. The summed E-state index contributed by atoms with van der Waals surface area (Å²) < 4.78 is 4.49. The summed E-state index contributed by atoms with van der Waals surface area (Å²) in [5, 5.41) is 11.4. The fourth-order valence-electron chi connectivity index (χ4n) is 0.922. The molecular formula is C9H12N4O4. The van der Waals surface area contributed by atoms with Gasteiger partial charge in [0.2, 0.25) is 5.82 Å². The molecule has 1 aromatic heterocycles. The van der Waals surface area contributed by atoms with Gasteiger partial charge in [0.15, 0.2) is 5.75 Å². The maximum atomic E-state index is 11.4. The minimum absolute atomic E-state index is 0.0459. The van der Waals surface area contributed by atoms with Gasteiger partial charge in [-0.2, -0.15) is 0 Å². The largest absolute Gasteiger partial charge is 0.410 e. The van der Waals surface area contributed by atoms with Gasteiger partial charge in [-0.15, -0.1) is 0 Å². The van der Waals surface area contributed by atoms with E-state index in [0.717, 1.165) is 12.4 Å². The van der Waals surface area contributed by atoms with Gasteiger partial charge < -0.3 is 20.9 Å². The highest BCUT2D eigenvalue weighted by Gasteiger charge is 2.10. The Morgan fingerprint density at radius 3 is 2.59 bits per heavy atom. The van der Waals surface area contributed by atoms with E-state index in [-0.39, 0.29) is 18.1 Å². The number of aliphatic hydroxyl groups excluding tert-OH is 1. The van der Waals surface area contributed by atoms with Crippen LogP contribution in [0.4, 0.5) is 4.79 Å². The molecule has 1 aromatic rings. The summed E-state index contributed by atoms with van der Waals surface area (Å²) in [5.41, 5.74) is 4.78. The van der Waals surface area contributed by atoms with E-state index in [2.05, 4.69) is 20.0 Å². The first-order chi connectivity index (χ1) is 7.99. The molecule has 8 nitrogen and oxygen atoms in total. The summed E-state index contributed by atoms with van der Waals surface area (Å²) in [7, 11) is 0. The van der Waals surface area contributed by atoms with Crippen LogP contribution in [0.15, 0.2) is 12.4 Å². The third-order valence-corrected chi connectivity index (χ3v) is 1.61. The molecule has 0 fully saturated rings. The van der Waals surface area contributed by atoms with E-state index in [0.29, 0.717) is 0 Å². The average Bonchev–Trinajstić information content (AvgIpc) is 2.26. The quantitative estimate of drug-likeness (QED) is 0.622. The van der Waals surface area contributed by atoms with Crippen LogP contribution < -0.4 is 15.8 Å². The molecule has 92 valence electrons. The number of carbonyl (C=O) groups excluding carboxylic acids is 2. The van der Waals surface area contributed by atoms with Crippen LogP contribution in [0.2, 0.25) is 0 Å². The summed E-state index contributed by atoms with van der Waals surface area (Å²) in [4.78, 5) is 29.1. The predicted octanol–water partition coefficient (Wildman–Crippen LogP) is -0.955. The Labute approximate surface area is 96.8 Å². The fourth-order valence-corrected chi connectivity index (χ4v) is 0.922. The summed E-state index contributed by atoms with van der Waals surface area (Å²) in [5.74, 6) is -0.580. The highest BCUT2D eigenvalue weighted by Crippen LogP contribution is 2.05. The highest BCUT2D eigenvalue weighted by atomic mass is 16.5. The first-order valence-electron chi connectivity index (χ1n) is 4.74. The van der Waals surface area contributed by atoms with Gasteiger partial charge in [0.1, 0.15) is 0 Å². The molecule has 8 heteroatoms. The Balaban J connectivity index is 2.60. The van der Waals surface area contributed by atoms with Crippen molar-refractivity contribution in [1.29, 1.82) is 0 Å². The van der Waals surface area contributed by atoms with Crippen molar-refractivity contribution in [3.63, 3.8) is 0 Å². The molecule has 0 bridgehead atoms. The van der Waals surface area contributed by atoms with Crippen LogP contribution in [0, 0.1) is 0 Å². The van der Waals surface area contributed by atoms with Crippen molar-refractivity contribution in [1.82, 2.24) is 15.3 Å². The lowest BCUT2D eigenvalue weighted by atomic mass is 10.4. The molecule has 1 heterocycles. The van der Waals surface area contributed by atoms with E-state index in [9.17, 15) is 9.59 Å². The molecule has 0 unspecified atom stereocenters. The van der Waals surface area contributed by atoms with Crippen LogP contribution in [0.5, 0.6) is 5.75 Å². The SMILES string of the molecule is C[C@H](O)CNC(=O)c1ncc(OC(N)=O)cn1. The molecule has 1 atom stereocenters. The van der Waals surface area contributed by atoms with Crippen LogP contribution in [-0.2, 0) is 0 Å². The number of primary amides is 1. The zero-order valence-corrected chi connectivity index (χ0v) is 9.08. The first-order valence-corrected chi connectivity index (χ1v) is 4.74. The third-order valence-electron chi connectivity index (χ3n) is 1.61. The van der Waals surface area contributed by atoms with E-state index >= 15 is 0 Å². The molecule has 0 aliphatic carbocycles. The minimum Gasteiger partial charge on any atom is -0.407 e. The number of nitrogens with zero attached hydrogens (tertiary/aromatic N) is 2. The topological polar surface area (TPSA) is 127 Å². The zero-order valence-electron chi connectivity index (χ0n) is 9.08. The number of ether oxygens (including phenoxy) is 1. The number of aliphatic hydroxyl groups is 1. The van der Waals surface area contributed by atoms with E-state index in [1.165, 1.54) is 6.92 Å². The predicted molar refractivity (Wildman–Crippen MR) is 56.3 cm³/mol. The second-order valence-corrected chi connectivity index (χ2v) is 3.22. The molecular weight excluding hydrogens is 228 g/mol. The molecule has 0 radical (unpaired) electrons. The minimum atomic E-state index is -0.986. The fraction of sp³-hybridized carbons (Fsp3) is 0.333. The van der Waals surface area contributed by atoms with Gasteiger partial charge in [0.25, 0.3) is 5.91 Å². The van der Waals surface area contributed by atoms with Crippen molar-refractivity contribution >= 4 is 12.0 Å². The van der Waals surface area contributed by atoms with Crippen molar-refractivity contribution in [2.75, 3.05) is 6.54 Å². The molecule has 0 saturated heterocycles. The smallest absolute Gasteiger partial charge is 0.407 e. The Bertz CT molecular complexity index is 404. The average molecular weight is 240 g/mol. The van der Waals surface area contributed by atoms with Crippen molar-refractivity contribution in [3.05, 3.63) is 18.2 Å². The number of rotatable bonds is 4. The molecule has 1 rings (SSSR count). The van der Waals surface area contributed by atoms with E-state index in [4.69, 9.17) is 10.8 Å². The Hall–Kier alpha value is -2.22. The number of nitrogens with two attached hydrogens (primary N) is 1. The van der Waals surface area contributed by atoms with E-state index in [1.54, 1.807) is 0 Å². The van der Waals surface area contributed by atoms with Gasteiger partial charge in [-0.1, -0.05) is 0 Å². The molecule has 0 spiro atoms. The summed E-state index contributed by atoms with van der Waals surface area (Å²) in [6.45, 7) is 1.63. The van der Waals surface area contributed by atoms with Gasteiger partial charge >= 0.3 is 6.09 Å². The number of hydrogen-bond acceptors (Lipinski definition) is 6. The number of aromatic nitrogens is 2. The Morgan fingerprint density at radius 2 is 2.12 bits per heavy atom. The normalized spacial score (nSPS) is 11.6. The van der Waals surface area contributed by atoms with Crippen LogP contribution in [0.1, 0.15) is 17.5 Å². The van der Waals surface area contributed by atoms with Gasteiger partial charge in [-0.25, -0.2) is 14.8 Å². The maximum absolute atomic E-state index is 11.4. The Kier molecular flexibility index (Phi) is 4.35. The lowest BCUT2D eigenvalue weighted by Gasteiger charge is -2.06. The number of nitrogens with one attached hydrogen (secondary N) is 1. The molecule has 0 saturated carbocycles. The van der Waals surface area contributed by atoms with Crippen LogP contribution in [0.3, 0.4) is 0 Å². The standard InChI is InChI=1S/C9H12N4O4/c1-5(14)2-13-8(15)7-11-3-6(4-12-7)17-9(10)16/h3-5,14H,2H2,1H3,(H2,10,16)(H,13,15)/t5-/m0/s1. The van der Waals surface area contributed by atoms with Crippen LogP contribution >= 0.6 is 0 Å². The van der Waals surface area contributed by atoms with Crippen LogP contribution in [0.25, 0.3) is 0 Å². The number of carbonyl (C=O) groups is 2. The van der Waals surface area contributed by atoms with Crippen LogP contribution in [-0.4, -0.2) is 39.7 Å². The second-order valence-electron chi connectivity index (χ2n) is 3.22. The van der Waals surface area contributed by atoms with Gasteiger partial charge in [-0.3, -0.25) is 4.79 Å². The number of hydrogen-bond donors (Lipinski definition) is 3. The first kappa shape index (κ1) is 12.8. The zero-order chi connectivity index (χ0) is 12.8. The molecule has 4 N–H and O–H groups in total. The number of amides is 2. The Morgan fingerprint density at radius 1 is 1.53 bits per heavy atom. The monoisotopic (exact) mass is 240 g/mol. The van der Waals surface area contributed by atoms with Gasteiger partial charge in [-0.05, 0) is 6.92 Å². The highest BCUT2D eigenvalue weighted by molar-refractivity contribution is 5.90. The van der Waals surface area contributed by atoms with E-state index in [1.807, 2.05) is 0 Å². The summed E-state index contributed by atoms with van der Waals surface area (Å²) >= 11 is 0. The van der Waals surface area contributed by atoms with Gasteiger partial charge in [0, 0.05) is 6.54 Å². The van der Waals surface area contributed by atoms with Crippen molar-refractivity contribution in [3.8, 4) is 5.75 Å².